The summed E-state index contributed by atoms with van der Waals surface area (Å²) in [4.78, 5) is 5.10. The number of hydrogen-bond donors (Lipinski definition) is 2. The zero-order chi connectivity index (χ0) is 8.81. The fourth-order valence-electron chi connectivity index (χ4n) is 0.807. The van der Waals surface area contributed by atoms with Gasteiger partial charge in [-0.3, -0.25) is 10.1 Å². The highest BCUT2D eigenvalue weighted by Crippen LogP contribution is 2.15. The molecular weight excluding hydrogens is 170 g/mol. The highest BCUT2D eigenvalue weighted by molar-refractivity contribution is 7.97. The lowest BCUT2D eigenvalue weighted by atomic mass is 10.3. The van der Waals surface area contributed by atoms with Gasteiger partial charge < -0.3 is 5.73 Å². The van der Waals surface area contributed by atoms with E-state index in [1.54, 1.807) is 6.20 Å². The van der Waals surface area contributed by atoms with Crippen LogP contribution >= 0.6 is 11.9 Å². The SMILES string of the molecule is NC/C=C/c1ncccc1SN. The van der Waals surface area contributed by atoms with Gasteiger partial charge in [-0.15, -0.1) is 0 Å². The van der Waals surface area contributed by atoms with Crippen molar-refractivity contribution >= 4 is 18.0 Å². The second kappa shape index (κ2) is 4.92. The average molecular weight is 181 g/mol. The molecule has 0 atom stereocenters. The predicted octanol–water partition coefficient (Wildman–Crippen LogP) is 1.02. The Labute approximate surface area is 76.0 Å². The van der Waals surface area contributed by atoms with Crippen LogP contribution in [-0.4, -0.2) is 11.5 Å². The second-order valence-corrected chi connectivity index (χ2v) is 2.82. The summed E-state index contributed by atoms with van der Waals surface area (Å²) in [7, 11) is 0. The number of rotatable bonds is 3. The molecule has 0 fully saturated rings. The lowest BCUT2D eigenvalue weighted by molar-refractivity contribution is 1.19. The van der Waals surface area contributed by atoms with Gasteiger partial charge in [0.25, 0.3) is 0 Å². The third-order valence-corrected chi connectivity index (χ3v) is 1.94. The van der Waals surface area contributed by atoms with Crippen LogP contribution in [0.5, 0.6) is 0 Å². The summed E-state index contributed by atoms with van der Waals surface area (Å²) in [6.07, 6.45) is 5.45. The predicted molar refractivity (Wildman–Crippen MR) is 52.4 cm³/mol. The molecule has 3 nitrogen and oxygen atoms in total. The lowest BCUT2D eigenvalue weighted by Crippen LogP contribution is -1.93. The van der Waals surface area contributed by atoms with Crippen molar-refractivity contribution in [2.24, 2.45) is 10.9 Å². The zero-order valence-electron chi connectivity index (χ0n) is 6.60. The molecule has 0 aliphatic heterocycles. The van der Waals surface area contributed by atoms with Crippen molar-refractivity contribution in [2.45, 2.75) is 4.90 Å². The molecule has 64 valence electrons. The molecule has 0 saturated heterocycles. The van der Waals surface area contributed by atoms with Gasteiger partial charge in [0.2, 0.25) is 0 Å². The maximum atomic E-state index is 5.43. The summed E-state index contributed by atoms with van der Waals surface area (Å²) in [5, 5.41) is 5.43. The van der Waals surface area contributed by atoms with Crippen molar-refractivity contribution in [1.82, 2.24) is 4.98 Å². The summed E-state index contributed by atoms with van der Waals surface area (Å²) >= 11 is 1.19. The van der Waals surface area contributed by atoms with E-state index >= 15 is 0 Å². The quantitative estimate of drug-likeness (QED) is 0.683. The Balaban J connectivity index is 2.89. The molecule has 1 heterocycles. The third kappa shape index (κ3) is 2.34. The van der Waals surface area contributed by atoms with Crippen LogP contribution < -0.4 is 10.9 Å². The Morgan fingerprint density at radius 3 is 3.08 bits per heavy atom. The van der Waals surface area contributed by atoms with Gasteiger partial charge in [0.15, 0.2) is 0 Å². The fourth-order valence-corrected chi connectivity index (χ4v) is 1.21. The minimum Gasteiger partial charge on any atom is -0.327 e. The summed E-state index contributed by atoms with van der Waals surface area (Å²) in [6.45, 7) is 0.519. The van der Waals surface area contributed by atoms with E-state index in [-0.39, 0.29) is 0 Å². The number of nitrogens with zero attached hydrogens (tertiary/aromatic N) is 1. The molecule has 1 aromatic rings. The Morgan fingerprint density at radius 1 is 1.58 bits per heavy atom. The monoisotopic (exact) mass is 181 g/mol. The molecule has 0 saturated carbocycles. The van der Waals surface area contributed by atoms with Gasteiger partial charge in [0, 0.05) is 17.6 Å². The van der Waals surface area contributed by atoms with Crippen LogP contribution in [0.15, 0.2) is 29.3 Å². The largest absolute Gasteiger partial charge is 0.327 e. The first-order valence-corrected chi connectivity index (χ1v) is 4.45. The Bertz CT molecular complexity index is 273. The highest BCUT2D eigenvalue weighted by atomic mass is 32.2. The molecule has 0 amide bonds. The van der Waals surface area contributed by atoms with Gasteiger partial charge in [0.05, 0.1) is 5.69 Å². The molecule has 4 N–H and O–H groups in total. The Kier molecular flexibility index (Phi) is 3.79. The van der Waals surface area contributed by atoms with Gasteiger partial charge >= 0.3 is 0 Å². The van der Waals surface area contributed by atoms with Crippen molar-refractivity contribution in [3.05, 3.63) is 30.1 Å². The maximum absolute atomic E-state index is 5.43. The minimum atomic E-state index is 0.519. The van der Waals surface area contributed by atoms with Crippen LogP contribution in [0.25, 0.3) is 6.08 Å². The normalized spacial score (nSPS) is 10.8. The van der Waals surface area contributed by atoms with E-state index in [0.717, 1.165) is 10.6 Å². The van der Waals surface area contributed by atoms with Crippen LogP contribution in [0.3, 0.4) is 0 Å². The number of pyridine rings is 1. The van der Waals surface area contributed by atoms with Crippen molar-refractivity contribution in [2.75, 3.05) is 6.54 Å². The van der Waals surface area contributed by atoms with Gasteiger partial charge in [-0.1, -0.05) is 6.08 Å². The van der Waals surface area contributed by atoms with Crippen LogP contribution in [0.2, 0.25) is 0 Å². The van der Waals surface area contributed by atoms with Crippen molar-refractivity contribution in [1.29, 1.82) is 0 Å². The zero-order valence-corrected chi connectivity index (χ0v) is 7.42. The van der Waals surface area contributed by atoms with Crippen LogP contribution in [-0.2, 0) is 0 Å². The van der Waals surface area contributed by atoms with Crippen molar-refractivity contribution < 1.29 is 0 Å². The summed E-state index contributed by atoms with van der Waals surface area (Å²) in [5.74, 6) is 0. The van der Waals surface area contributed by atoms with Gasteiger partial charge in [-0.2, -0.15) is 0 Å². The van der Waals surface area contributed by atoms with Crippen LogP contribution in [0.1, 0.15) is 5.69 Å². The third-order valence-electron chi connectivity index (χ3n) is 1.34. The second-order valence-electron chi connectivity index (χ2n) is 2.14. The first-order chi connectivity index (χ1) is 5.88. The minimum absolute atomic E-state index is 0.519. The molecular formula is C8H11N3S. The first kappa shape index (κ1) is 9.25. The molecule has 0 radical (unpaired) electrons. The molecule has 1 rings (SSSR count). The topological polar surface area (TPSA) is 64.9 Å². The van der Waals surface area contributed by atoms with E-state index in [1.807, 2.05) is 24.3 Å². The smallest absolute Gasteiger partial charge is 0.0775 e. The molecule has 12 heavy (non-hydrogen) atoms. The van der Waals surface area contributed by atoms with E-state index in [1.165, 1.54) is 11.9 Å². The Morgan fingerprint density at radius 2 is 2.42 bits per heavy atom. The van der Waals surface area contributed by atoms with Gasteiger partial charge in [-0.25, -0.2) is 0 Å². The Hall–Kier alpha value is -0.840. The molecule has 1 aromatic heterocycles. The van der Waals surface area contributed by atoms with E-state index in [2.05, 4.69) is 4.98 Å². The number of nitrogens with two attached hydrogens (primary N) is 2. The maximum Gasteiger partial charge on any atom is 0.0775 e. The highest BCUT2D eigenvalue weighted by Gasteiger charge is 1.96. The molecule has 0 bridgehead atoms. The van der Waals surface area contributed by atoms with Gasteiger partial charge in [0.1, 0.15) is 0 Å². The summed E-state index contributed by atoms with van der Waals surface area (Å²) in [5.41, 5.74) is 6.19. The standard InChI is InChI=1S/C8H11N3S/c9-5-1-3-7-8(12-10)4-2-6-11-7/h1-4,6H,5,9-10H2/b3-1+. The first-order valence-electron chi connectivity index (χ1n) is 3.57. The van der Waals surface area contributed by atoms with Crippen molar-refractivity contribution in [3.63, 3.8) is 0 Å². The van der Waals surface area contributed by atoms with Crippen LogP contribution in [0, 0.1) is 0 Å². The summed E-state index contributed by atoms with van der Waals surface area (Å²) in [6, 6.07) is 3.78. The molecule has 0 unspecified atom stereocenters. The number of aromatic nitrogens is 1. The van der Waals surface area contributed by atoms with E-state index < -0.39 is 0 Å². The summed E-state index contributed by atoms with van der Waals surface area (Å²) < 4.78 is 0. The molecule has 4 heteroatoms. The van der Waals surface area contributed by atoms with Gasteiger partial charge in [-0.05, 0) is 30.2 Å². The average Bonchev–Trinajstić information content (AvgIpc) is 2.15. The van der Waals surface area contributed by atoms with E-state index in [4.69, 9.17) is 10.9 Å². The van der Waals surface area contributed by atoms with Crippen LogP contribution in [0.4, 0.5) is 0 Å². The van der Waals surface area contributed by atoms with E-state index in [9.17, 15) is 0 Å². The van der Waals surface area contributed by atoms with E-state index in [0.29, 0.717) is 6.54 Å². The molecule has 0 spiro atoms. The molecule has 0 aliphatic rings. The molecule has 0 aromatic carbocycles. The lowest BCUT2D eigenvalue weighted by Gasteiger charge is -1.98. The van der Waals surface area contributed by atoms with Crippen molar-refractivity contribution in [3.8, 4) is 0 Å². The number of hydrogen-bond acceptors (Lipinski definition) is 4. The fraction of sp³-hybridized carbons (Fsp3) is 0.125. The molecule has 0 aliphatic carbocycles.